The van der Waals surface area contributed by atoms with Crippen LogP contribution in [0.5, 0.6) is 5.75 Å². The van der Waals surface area contributed by atoms with E-state index in [-0.39, 0.29) is 12.4 Å². The smallest absolute Gasteiger partial charge is 0.338 e. The van der Waals surface area contributed by atoms with Gasteiger partial charge in [0, 0.05) is 11.3 Å². The van der Waals surface area contributed by atoms with Crippen molar-refractivity contribution in [1.29, 1.82) is 0 Å². The SMILES string of the molecule is CCCOC(=O)C1=C(C)Nc2ncnn2C1c1ccc(OCc2ccccc2F)cc1. The van der Waals surface area contributed by atoms with E-state index in [0.717, 1.165) is 12.0 Å². The van der Waals surface area contributed by atoms with Crippen molar-refractivity contribution in [3.63, 3.8) is 0 Å². The summed E-state index contributed by atoms with van der Waals surface area (Å²) < 4.78 is 26.6. The predicted molar refractivity (Wildman–Crippen MR) is 113 cm³/mol. The summed E-state index contributed by atoms with van der Waals surface area (Å²) in [7, 11) is 0. The van der Waals surface area contributed by atoms with Crippen molar-refractivity contribution in [1.82, 2.24) is 14.8 Å². The van der Waals surface area contributed by atoms with Gasteiger partial charge in [-0.3, -0.25) is 0 Å². The van der Waals surface area contributed by atoms with Crippen molar-refractivity contribution in [2.75, 3.05) is 11.9 Å². The summed E-state index contributed by atoms with van der Waals surface area (Å²) in [6.45, 7) is 4.23. The number of carbonyl (C=O) groups is 1. The molecule has 7 nitrogen and oxygen atoms in total. The third-order valence-electron chi connectivity index (χ3n) is 5.00. The maximum Gasteiger partial charge on any atom is 0.338 e. The average Bonchev–Trinajstić information content (AvgIpc) is 3.24. The van der Waals surface area contributed by atoms with Gasteiger partial charge in [-0.05, 0) is 37.1 Å². The van der Waals surface area contributed by atoms with Crippen LogP contribution in [0.2, 0.25) is 0 Å². The lowest BCUT2D eigenvalue weighted by Crippen LogP contribution is -2.29. The average molecular weight is 422 g/mol. The Morgan fingerprint density at radius 1 is 1.19 bits per heavy atom. The van der Waals surface area contributed by atoms with Crippen LogP contribution in [0.1, 0.15) is 37.4 Å². The Balaban J connectivity index is 1.59. The number of nitrogens with zero attached hydrogens (tertiary/aromatic N) is 3. The zero-order valence-electron chi connectivity index (χ0n) is 17.3. The Bertz CT molecular complexity index is 1110. The molecule has 0 amide bonds. The van der Waals surface area contributed by atoms with Gasteiger partial charge in [-0.15, -0.1) is 0 Å². The molecule has 0 spiro atoms. The van der Waals surface area contributed by atoms with Crippen LogP contribution in [0.15, 0.2) is 66.1 Å². The van der Waals surface area contributed by atoms with Crippen molar-refractivity contribution < 1.29 is 18.7 Å². The number of nitrogens with one attached hydrogen (secondary N) is 1. The molecule has 1 aromatic heterocycles. The van der Waals surface area contributed by atoms with E-state index in [2.05, 4.69) is 15.4 Å². The number of ether oxygens (including phenoxy) is 2. The van der Waals surface area contributed by atoms with Gasteiger partial charge in [0.25, 0.3) is 0 Å². The maximum absolute atomic E-state index is 13.8. The van der Waals surface area contributed by atoms with Crippen LogP contribution in [0.4, 0.5) is 10.3 Å². The lowest BCUT2D eigenvalue weighted by molar-refractivity contribution is -0.139. The van der Waals surface area contributed by atoms with Gasteiger partial charge < -0.3 is 14.8 Å². The number of halogens is 1. The van der Waals surface area contributed by atoms with Gasteiger partial charge >= 0.3 is 5.97 Å². The van der Waals surface area contributed by atoms with E-state index in [0.29, 0.717) is 35.1 Å². The third kappa shape index (κ3) is 4.28. The van der Waals surface area contributed by atoms with E-state index in [4.69, 9.17) is 9.47 Å². The summed E-state index contributed by atoms with van der Waals surface area (Å²) in [5.41, 5.74) is 2.46. The zero-order valence-corrected chi connectivity index (χ0v) is 17.3. The first-order valence-electron chi connectivity index (χ1n) is 10.1. The molecule has 2 heterocycles. The lowest BCUT2D eigenvalue weighted by atomic mass is 9.96. The van der Waals surface area contributed by atoms with Crippen molar-refractivity contribution >= 4 is 11.9 Å². The zero-order chi connectivity index (χ0) is 21.8. The highest BCUT2D eigenvalue weighted by atomic mass is 19.1. The number of fused-ring (bicyclic) bond motifs is 1. The summed E-state index contributed by atoms with van der Waals surface area (Å²) >= 11 is 0. The molecule has 0 fully saturated rings. The summed E-state index contributed by atoms with van der Waals surface area (Å²) in [5.74, 6) is 0.450. The van der Waals surface area contributed by atoms with Gasteiger partial charge in [0.2, 0.25) is 5.95 Å². The summed E-state index contributed by atoms with van der Waals surface area (Å²) in [4.78, 5) is 17.0. The van der Waals surface area contributed by atoms with Gasteiger partial charge in [0.05, 0.1) is 12.2 Å². The van der Waals surface area contributed by atoms with E-state index in [9.17, 15) is 9.18 Å². The Kier molecular flexibility index (Phi) is 5.97. The second-order valence-electron chi connectivity index (χ2n) is 7.18. The molecular formula is C23H23FN4O3. The fourth-order valence-corrected chi connectivity index (χ4v) is 3.46. The molecule has 0 saturated heterocycles. The van der Waals surface area contributed by atoms with E-state index in [1.165, 1.54) is 12.4 Å². The number of esters is 1. The lowest BCUT2D eigenvalue weighted by Gasteiger charge is -2.28. The van der Waals surface area contributed by atoms with Crippen LogP contribution < -0.4 is 10.1 Å². The number of benzene rings is 2. The molecular weight excluding hydrogens is 399 g/mol. The quantitative estimate of drug-likeness (QED) is 0.574. The van der Waals surface area contributed by atoms with Crippen LogP contribution in [-0.2, 0) is 16.1 Å². The van der Waals surface area contributed by atoms with E-state index in [1.54, 1.807) is 35.0 Å². The third-order valence-corrected chi connectivity index (χ3v) is 5.00. The second kappa shape index (κ2) is 8.99. The maximum atomic E-state index is 13.8. The highest BCUT2D eigenvalue weighted by molar-refractivity contribution is 5.92. The molecule has 160 valence electrons. The Hall–Kier alpha value is -3.68. The van der Waals surface area contributed by atoms with Crippen LogP contribution in [0, 0.1) is 5.82 Å². The second-order valence-corrected chi connectivity index (χ2v) is 7.18. The van der Waals surface area contributed by atoms with Crippen LogP contribution in [0.3, 0.4) is 0 Å². The Labute approximate surface area is 179 Å². The highest BCUT2D eigenvalue weighted by Crippen LogP contribution is 2.35. The van der Waals surface area contributed by atoms with E-state index >= 15 is 0 Å². The van der Waals surface area contributed by atoms with E-state index in [1.807, 2.05) is 26.0 Å². The van der Waals surface area contributed by atoms with Crippen LogP contribution in [0.25, 0.3) is 0 Å². The number of rotatable bonds is 7. The normalized spacial score (nSPS) is 15.3. The number of carbonyl (C=O) groups excluding carboxylic acids is 1. The first-order valence-corrected chi connectivity index (χ1v) is 10.1. The number of aromatic nitrogens is 3. The molecule has 1 N–H and O–H groups in total. The van der Waals surface area contributed by atoms with Crippen LogP contribution in [-0.4, -0.2) is 27.3 Å². The van der Waals surface area contributed by atoms with Crippen molar-refractivity contribution in [3.8, 4) is 5.75 Å². The van der Waals surface area contributed by atoms with Crippen LogP contribution >= 0.6 is 0 Å². The molecule has 1 unspecified atom stereocenters. The minimum Gasteiger partial charge on any atom is -0.489 e. The van der Waals surface area contributed by atoms with E-state index < -0.39 is 12.0 Å². The van der Waals surface area contributed by atoms with Gasteiger partial charge in [0.1, 0.15) is 30.5 Å². The molecule has 1 aliphatic heterocycles. The number of hydrogen-bond acceptors (Lipinski definition) is 6. The van der Waals surface area contributed by atoms with Gasteiger partial charge in [-0.2, -0.15) is 10.1 Å². The summed E-state index contributed by atoms with van der Waals surface area (Å²) in [5, 5.41) is 7.41. The monoisotopic (exact) mass is 422 g/mol. The molecule has 8 heteroatoms. The summed E-state index contributed by atoms with van der Waals surface area (Å²) in [6, 6.07) is 13.3. The van der Waals surface area contributed by atoms with Gasteiger partial charge in [-0.1, -0.05) is 37.3 Å². The molecule has 31 heavy (non-hydrogen) atoms. The molecule has 0 radical (unpaired) electrons. The number of hydrogen-bond donors (Lipinski definition) is 1. The molecule has 1 atom stereocenters. The highest BCUT2D eigenvalue weighted by Gasteiger charge is 2.34. The molecule has 1 aliphatic rings. The minimum absolute atomic E-state index is 0.125. The predicted octanol–water partition coefficient (Wildman–Crippen LogP) is 4.24. The molecule has 4 rings (SSSR count). The Morgan fingerprint density at radius 2 is 1.97 bits per heavy atom. The topological polar surface area (TPSA) is 78.3 Å². The minimum atomic E-state index is -0.483. The molecule has 0 aliphatic carbocycles. The van der Waals surface area contributed by atoms with Crippen molar-refractivity contribution in [3.05, 3.63) is 83.1 Å². The fraction of sp³-hybridized carbons (Fsp3) is 0.261. The first kappa shape index (κ1) is 20.6. The standard InChI is InChI=1S/C23H23FN4O3/c1-3-12-30-22(29)20-15(2)27-23-25-14-26-28(23)21(20)16-8-10-18(11-9-16)31-13-17-6-4-5-7-19(17)24/h4-11,14,21H,3,12-13H2,1-2H3,(H,25,26,27). The summed E-state index contributed by atoms with van der Waals surface area (Å²) in [6.07, 6.45) is 2.17. The number of allylic oxidation sites excluding steroid dienone is 1. The van der Waals surface area contributed by atoms with Crippen molar-refractivity contribution in [2.45, 2.75) is 32.9 Å². The Morgan fingerprint density at radius 3 is 2.71 bits per heavy atom. The molecule has 2 aromatic carbocycles. The number of anilines is 1. The molecule has 0 saturated carbocycles. The van der Waals surface area contributed by atoms with Gasteiger partial charge in [0.15, 0.2) is 0 Å². The first-order chi connectivity index (χ1) is 15.1. The van der Waals surface area contributed by atoms with Gasteiger partial charge in [-0.25, -0.2) is 13.9 Å². The molecule has 0 bridgehead atoms. The largest absolute Gasteiger partial charge is 0.489 e. The fourth-order valence-electron chi connectivity index (χ4n) is 3.46. The van der Waals surface area contributed by atoms with Crippen molar-refractivity contribution in [2.24, 2.45) is 0 Å². The molecule has 3 aromatic rings.